The Morgan fingerprint density at radius 2 is 1.81 bits per heavy atom. The number of nitrogens with one attached hydrogen (secondary N) is 2. The molecule has 5 nitrogen and oxygen atoms in total. The van der Waals surface area contributed by atoms with Crippen molar-refractivity contribution < 1.29 is 9.59 Å². The summed E-state index contributed by atoms with van der Waals surface area (Å²) >= 11 is 0. The van der Waals surface area contributed by atoms with E-state index in [1.165, 1.54) is 5.56 Å². The SMILES string of the molecule is CCC(=O)NC1CCCN(Cc2ccc(C(=O)Nc3ccccc3)cc2)C1. The first-order valence-electron chi connectivity index (χ1n) is 9.61. The average molecular weight is 365 g/mol. The van der Waals surface area contributed by atoms with Gasteiger partial charge in [-0.25, -0.2) is 0 Å². The molecule has 2 aromatic rings. The molecule has 1 fully saturated rings. The number of carbonyl (C=O) groups excluding carboxylic acids is 2. The molecule has 0 radical (unpaired) electrons. The van der Waals surface area contributed by atoms with Crippen molar-refractivity contribution in [3.8, 4) is 0 Å². The third-order valence-electron chi connectivity index (χ3n) is 4.85. The van der Waals surface area contributed by atoms with Crippen molar-refractivity contribution in [2.24, 2.45) is 0 Å². The number of anilines is 1. The number of nitrogens with zero attached hydrogens (tertiary/aromatic N) is 1. The third kappa shape index (κ3) is 5.66. The van der Waals surface area contributed by atoms with Crippen LogP contribution < -0.4 is 10.6 Å². The van der Waals surface area contributed by atoms with Gasteiger partial charge in [-0.15, -0.1) is 0 Å². The molecule has 1 atom stereocenters. The van der Waals surface area contributed by atoms with E-state index in [1.807, 2.05) is 61.5 Å². The molecular weight excluding hydrogens is 338 g/mol. The zero-order chi connectivity index (χ0) is 19.1. The molecule has 3 rings (SSSR count). The topological polar surface area (TPSA) is 61.4 Å². The number of rotatable bonds is 6. The van der Waals surface area contributed by atoms with Gasteiger partial charge in [0.15, 0.2) is 0 Å². The summed E-state index contributed by atoms with van der Waals surface area (Å²) in [5, 5.41) is 6.00. The van der Waals surface area contributed by atoms with Crippen molar-refractivity contribution in [1.82, 2.24) is 10.2 Å². The van der Waals surface area contributed by atoms with Gasteiger partial charge < -0.3 is 10.6 Å². The fourth-order valence-corrected chi connectivity index (χ4v) is 3.39. The van der Waals surface area contributed by atoms with Crippen LogP contribution in [-0.4, -0.2) is 35.8 Å². The average Bonchev–Trinajstić information content (AvgIpc) is 2.69. The van der Waals surface area contributed by atoms with E-state index in [4.69, 9.17) is 0 Å². The van der Waals surface area contributed by atoms with Gasteiger partial charge in [0.05, 0.1) is 0 Å². The van der Waals surface area contributed by atoms with Crippen molar-refractivity contribution in [3.05, 3.63) is 65.7 Å². The predicted octanol–water partition coefficient (Wildman–Crippen LogP) is 3.43. The van der Waals surface area contributed by atoms with Crippen LogP contribution in [0.3, 0.4) is 0 Å². The number of para-hydroxylation sites is 1. The van der Waals surface area contributed by atoms with Crippen molar-refractivity contribution in [2.75, 3.05) is 18.4 Å². The third-order valence-corrected chi connectivity index (χ3v) is 4.85. The highest BCUT2D eigenvalue weighted by Crippen LogP contribution is 2.15. The highest BCUT2D eigenvalue weighted by molar-refractivity contribution is 6.04. The molecule has 1 aliphatic rings. The van der Waals surface area contributed by atoms with E-state index in [9.17, 15) is 9.59 Å². The van der Waals surface area contributed by atoms with Crippen LogP contribution in [0.4, 0.5) is 5.69 Å². The molecule has 1 unspecified atom stereocenters. The molecular formula is C22H27N3O2. The van der Waals surface area contributed by atoms with Crippen molar-refractivity contribution in [1.29, 1.82) is 0 Å². The van der Waals surface area contributed by atoms with Crippen LogP contribution in [0, 0.1) is 0 Å². The van der Waals surface area contributed by atoms with Crippen molar-refractivity contribution in [2.45, 2.75) is 38.8 Å². The molecule has 2 N–H and O–H groups in total. The lowest BCUT2D eigenvalue weighted by Crippen LogP contribution is -2.47. The molecule has 1 heterocycles. The van der Waals surface area contributed by atoms with Crippen LogP contribution in [0.25, 0.3) is 0 Å². The zero-order valence-corrected chi connectivity index (χ0v) is 15.8. The first-order chi connectivity index (χ1) is 13.1. The highest BCUT2D eigenvalue weighted by atomic mass is 16.2. The maximum absolute atomic E-state index is 12.3. The second-order valence-electron chi connectivity index (χ2n) is 7.01. The second-order valence-corrected chi connectivity index (χ2v) is 7.01. The Labute approximate surface area is 160 Å². The van der Waals surface area contributed by atoms with Crippen molar-refractivity contribution in [3.63, 3.8) is 0 Å². The Kier molecular flexibility index (Phi) is 6.60. The van der Waals surface area contributed by atoms with E-state index in [-0.39, 0.29) is 17.9 Å². The Hall–Kier alpha value is -2.66. The van der Waals surface area contributed by atoms with Crippen molar-refractivity contribution >= 4 is 17.5 Å². The van der Waals surface area contributed by atoms with E-state index in [0.717, 1.165) is 38.2 Å². The maximum atomic E-state index is 12.3. The first-order valence-corrected chi connectivity index (χ1v) is 9.61. The van der Waals surface area contributed by atoms with Gasteiger partial charge in [0, 0.05) is 36.8 Å². The summed E-state index contributed by atoms with van der Waals surface area (Å²) in [6.45, 7) is 4.63. The normalized spacial score (nSPS) is 17.3. The lowest BCUT2D eigenvalue weighted by atomic mass is 10.0. The largest absolute Gasteiger partial charge is 0.352 e. The van der Waals surface area contributed by atoms with Crippen LogP contribution >= 0.6 is 0 Å². The van der Waals surface area contributed by atoms with E-state index in [1.54, 1.807) is 0 Å². The minimum atomic E-state index is -0.104. The summed E-state index contributed by atoms with van der Waals surface area (Å²) < 4.78 is 0. The van der Waals surface area contributed by atoms with Crippen LogP contribution in [0.5, 0.6) is 0 Å². The quantitative estimate of drug-likeness (QED) is 0.824. The number of likely N-dealkylation sites (tertiary alicyclic amines) is 1. The van der Waals surface area contributed by atoms with Crippen LogP contribution in [0.1, 0.15) is 42.1 Å². The molecule has 1 saturated heterocycles. The van der Waals surface area contributed by atoms with Crippen LogP contribution in [-0.2, 0) is 11.3 Å². The number of benzene rings is 2. The molecule has 1 aliphatic heterocycles. The maximum Gasteiger partial charge on any atom is 0.255 e. The first kappa shape index (κ1) is 19.1. The summed E-state index contributed by atoms with van der Waals surface area (Å²) in [7, 11) is 0. The lowest BCUT2D eigenvalue weighted by molar-refractivity contribution is -0.121. The van der Waals surface area contributed by atoms with Gasteiger partial charge in [0.2, 0.25) is 5.91 Å². The summed E-state index contributed by atoms with van der Waals surface area (Å²) in [5.74, 6) is 0.0173. The molecule has 2 aromatic carbocycles. The standard InChI is InChI=1S/C22H27N3O2/c1-2-21(26)23-20-9-6-14-25(16-20)15-17-10-12-18(13-11-17)22(27)24-19-7-4-3-5-8-19/h3-5,7-8,10-13,20H,2,6,9,14-16H2,1H3,(H,23,26)(H,24,27). The van der Waals surface area contributed by atoms with Crippen LogP contribution in [0.2, 0.25) is 0 Å². The fourth-order valence-electron chi connectivity index (χ4n) is 3.39. The lowest BCUT2D eigenvalue weighted by Gasteiger charge is -2.33. The molecule has 5 heteroatoms. The Morgan fingerprint density at radius 1 is 1.07 bits per heavy atom. The monoisotopic (exact) mass is 365 g/mol. The summed E-state index contributed by atoms with van der Waals surface area (Å²) in [4.78, 5) is 26.3. The molecule has 27 heavy (non-hydrogen) atoms. The van der Waals surface area contributed by atoms with E-state index < -0.39 is 0 Å². The second kappa shape index (κ2) is 9.33. The number of hydrogen-bond donors (Lipinski definition) is 2. The molecule has 0 aromatic heterocycles. The molecule has 0 saturated carbocycles. The molecule has 0 bridgehead atoms. The smallest absolute Gasteiger partial charge is 0.255 e. The minimum Gasteiger partial charge on any atom is -0.352 e. The molecule has 0 aliphatic carbocycles. The zero-order valence-electron chi connectivity index (χ0n) is 15.8. The minimum absolute atomic E-state index is 0.104. The Morgan fingerprint density at radius 3 is 2.52 bits per heavy atom. The van der Waals surface area contributed by atoms with Gasteiger partial charge in [-0.05, 0) is 49.2 Å². The summed E-state index contributed by atoms with van der Waals surface area (Å²) in [6.07, 6.45) is 2.66. The summed E-state index contributed by atoms with van der Waals surface area (Å²) in [6, 6.07) is 17.4. The van der Waals surface area contributed by atoms with Gasteiger partial charge in [-0.1, -0.05) is 37.3 Å². The highest BCUT2D eigenvalue weighted by Gasteiger charge is 2.21. The number of piperidine rings is 1. The van der Waals surface area contributed by atoms with Crippen LogP contribution in [0.15, 0.2) is 54.6 Å². The molecule has 2 amide bonds. The fraction of sp³-hybridized carbons (Fsp3) is 0.364. The number of hydrogen-bond acceptors (Lipinski definition) is 3. The number of amides is 2. The Bertz CT molecular complexity index is 759. The van der Waals surface area contributed by atoms with Gasteiger partial charge in [0.1, 0.15) is 0 Å². The van der Waals surface area contributed by atoms with Gasteiger partial charge >= 0.3 is 0 Å². The molecule has 0 spiro atoms. The van der Waals surface area contributed by atoms with E-state index >= 15 is 0 Å². The predicted molar refractivity (Wildman–Crippen MR) is 108 cm³/mol. The van der Waals surface area contributed by atoms with Gasteiger partial charge in [0.25, 0.3) is 5.91 Å². The van der Waals surface area contributed by atoms with Gasteiger partial charge in [-0.2, -0.15) is 0 Å². The van der Waals surface area contributed by atoms with E-state index in [0.29, 0.717) is 12.0 Å². The number of carbonyl (C=O) groups is 2. The molecule has 142 valence electrons. The van der Waals surface area contributed by atoms with E-state index in [2.05, 4.69) is 15.5 Å². The summed E-state index contributed by atoms with van der Waals surface area (Å²) in [5.41, 5.74) is 2.61. The van der Waals surface area contributed by atoms with Gasteiger partial charge in [-0.3, -0.25) is 14.5 Å². The Balaban J connectivity index is 1.54.